The number of amides is 1. The number of aliphatic hydroxyl groups excluding tert-OH is 1. The summed E-state index contributed by atoms with van der Waals surface area (Å²) in [7, 11) is 1.22. The lowest BCUT2D eigenvalue weighted by atomic mass is 10.0. The fourth-order valence-corrected chi connectivity index (χ4v) is 2.77. The van der Waals surface area contributed by atoms with Gasteiger partial charge in [-0.3, -0.25) is 4.79 Å². The van der Waals surface area contributed by atoms with E-state index in [1.54, 1.807) is 48.5 Å². The molecule has 0 aromatic heterocycles. The van der Waals surface area contributed by atoms with Crippen LogP contribution in [0.25, 0.3) is 0 Å². The van der Waals surface area contributed by atoms with Gasteiger partial charge in [0.2, 0.25) is 0 Å². The lowest BCUT2D eigenvalue weighted by Crippen LogP contribution is -2.45. The van der Waals surface area contributed by atoms with Crippen LogP contribution in [0.1, 0.15) is 17.2 Å². The Labute approximate surface area is 155 Å². The normalized spacial score (nSPS) is 13.0. The summed E-state index contributed by atoms with van der Waals surface area (Å²) in [6, 6.07) is 12.3. The molecule has 0 radical (unpaired) electrons. The smallest absolute Gasteiger partial charge is 0.328 e. The molecule has 2 atom stereocenters. The van der Waals surface area contributed by atoms with Gasteiger partial charge in [0, 0.05) is 16.5 Å². The van der Waals surface area contributed by atoms with Crippen molar-refractivity contribution in [3.05, 3.63) is 69.7 Å². The molecule has 0 aliphatic rings. The third-order valence-corrected chi connectivity index (χ3v) is 4.19. The third-order valence-electron chi connectivity index (χ3n) is 3.61. The van der Waals surface area contributed by atoms with Crippen molar-refractivity contribution in [2.24, 2.45) is 0 Å². The predicted molar refractivity (Wildman–Crippen MR) is 95.5 cm³/mol. The number of hydrogen-bond acceptors (Lipinski definition) is 4. The number of carbonyl (C=O) groups is 2. The van der Waals surface area contributed by atoms with Gasteiger partial charge in [0.15, 0.2) is 6.10 Å². The number of aliphatic hydroxyl groups is 1. The quantitative estimate of drug-likeness (QED) is 0.754. The van der Waals surface area contributed by atoms with Crippen LogP contribution < -0.4 is 5.32 Å². The number of hydrogen-bond donors (Lipinski definition) is 2. The molecule has 0 heterocycles. The number of esters is 1. The second-order valence-electron chi connectivity index (χ2n) is 5.34. The van der Waals surface area contributed by atoms with Crippen LogP contribution in [0.5, 0.6) is 0 Å². The Hall–Kier alpha value is -2.08. The maximum absolute atomic E-state index is 12.3. The van der Waals surface area contributed by atoms with Crippen molar-refractivity contribution in [3.63, 3.8) is 0 Å². The SMILES string of the molecule is COC(=O)[C@@H](Cc1ccc(Cl)cc1Cl)NC(=O)[C@@H](O)c1ccccc1. The second kappa shape index (κ2) is 8.85. The molecule has 0 unspecified atom stereocenters. The topological polar surface area (TPSA) is 75.6 Å². The highest BCUT2D eigenvalue weighted by Crippen LogP contribution is 2.22. The Morgan fingerprint density at radius 3 is 2.44 bits per heavy atom. The predicted octanol–water partition coefficient (Wildman–Crippen LogP) is 2.93. The van der Waals surface area contributed by atoms with Crippen LogP contribution >= 0.6 is 23.2 Å². The van der Waals surface area contributed by atoms with Gasteiger partial charge in [-0.2, -0.15) is 0 Å². The van der Waals surface area contributed by atoms with Crippen molar-refractivity contribution in [1.29, 1.82) is 0 Å². The third kappa shape index (κ3) is 5.19. The molecule has 7 heteroatoms. The maximum atomic E-state index is 12.3. The van der Waals surface area contributed by atoms with E-state index >= 15 is 0 Å². The Morgan fingerprint density at radius 2 is 1.84 bits per heavy atom. The van der Waals surface area contributed by atoms with Crippen molar-refractivity contribution in [1.82, 2.24) is 5.32 Å². The first-order chi connectivity index (χ1) is 11.9. The first-order valence-electron chi connectivity index (χ1n) is 7.47. The average molecular weight is 382 g/mol. The molecule has 5 nitrogen and oxygen atoms in total. The zero-order valence-electron chi connectivity index (χ0n) is 13.4. The van der Waals surface area contributed by atoms with Gasteiger partial charge in [0.1, 0.15) is 6.04 Å². The number of nitrogens with one attached hydrogen (secondary N) is 1. The average Bonchev–Trinajstić information content (AvgIpc) is 2.62. The first-order valence-corrected chi connectivity index (χ1v) is 8.23. The summed E-state index contributed by atoms with van der Waals surface area (Å²) in [6.45, 7) is 0. The zero-order chi connectivity index (χ0) is 18.4. The molecule has 1 amide bonds. The maximum Gasteiger partial charge on any atom is 0.328 e. The molecule has 0 bridgehead atoms. The van der Waals surface area contributed by atoms with E-state index in [0.717, 1.165) is 0 Å². The second-order valence-corrected chi connectivity index (χ2v) is 6.18. The van der Waals surface area contributed by atoms with Crippen molar-refractivity contribution < 1.29 is 19.4 Å². The first kappa shape index (κ1) is 19.2. The Balaban J connectivity index is 2.14. The minimum Gasteiger partial charge on any atom is -0.467 e. The summed E-state index contributed by atoms with van der Waals surface area (Å²) in [5, 5.41) is 13.5. The lowest BCUT2D eigenvalue weighted by Gasteiger charge is -2.19. The zero-order valence-corrected chi connectivity index (χ0v) is 14.9. The van der Waals surface area contributed by atoms with Crippen molar-refractivity contribution in [3.8, 4) is 0 Å². The van der Waals surface area contributed by atoms with Crippen LogP contribution in [0.3, 0.4) is 0 Å². The number of rotatable bonds is 6. The van der Waals surface area contributed by atoms with Gasteiger partial charge < -0.3 is 15.2 Å². The molecular weight excluding hydrogens is 365 g/mol. The standard InChI is InChI=1S/C18H17Cl2NO4/c1-25-18(24)15(9-12-7-8-13(19)10-14(12)20)21-17(23)16(22)11-5-3-2-4-6-11/h2-8,10,15-16,22H,9H2,1H3,(H,21,23)/t15-,16+/m1/s1. The van der Waals surface area contributed by atoms with Gasteiger partial charge >= 0.3 is 5.97 Å². The van der Waals surface area contributed by atoms with Crippen LogP contribution in [0.4, 0.5) is 0 Å². The summed E-state index contributed by atoms with van der Waals surface area (Å²) in [6.07, 6.45) is -1.29. The molecule has 25 heavy (non-hydrogen) atoms. The molecular formula is C18H17Cl2NO4. The fourth-order valence-electron chi connectivity index (χ4n) is 2.28. The number of ether oxygens (including phenoxy) is 1. The summed E-state index contributed by atoms with van der Waals surface area (Å²) < 4.78 is 4.73. The van der Waals surface area contributed by atoms with Gasteiger partial charge in [-0.25, -0.2) is 4.79 Å². The minimum absolute atomic E-state index is 0.107. The summed E-state index contributed by atoms with van der Waals surface area (Å²) >= 11 is 12.0. The van der Waals surface area contributed by atoms with Crippen LogP contribution in [0, 0.1) is 0 Å². The van der Waals surface area contributed by atoms with Crippen molar-refractivity contribution in [2.75, 3.05) is 7.11 Å². The molecule has 0 saturated heterocycles. The summed E-state index contributed by atoms with van der Waals surface area (Å²) in [4.78, 5) is 24.3. The minimum atomic E-state index is -1.39. The molecule has 2 aromatic carbocycles. The highest BCUT2D eigenvalue weighted by Gasteiger charge is 2.26. The van der Waals surface area contributed by atoms with Crippen LogP contribution in [-0.4, -0.2) is 30.1 Å². The van der Waals surface area contributed by atoms with E-state index in [2.05, 4.69) is 5.32 Å². The van der Waals surface area contributed by atoms with E-state index < -0.39 is 24.0 Å². The monoisotopic (exact) mass is 381 g/mol. The molecule has 132 valence electrons. The van der Waals surface area contributed by atoms with E-state index in [9.17, 15) is 14.7 Å². The van der Waals surface area contributed by atoms with Crippen LogP contribution in [-0.2, 0) is 20.7 Å². The van der Waals surface area contributed by atoms with Gasteiger partial charge in [-0.1, -0.05) is 59.6 Å². The largest absolute Gasteiger partial charge is 0.467 e. The highest BCUT2D eigenvalue weighted by atomic mass is 35.5. The Kier molecular flexibility index (Phi) is 6.82. The molecule has 2 N–H and O–H groups in total. The fraction of sp³-hybridized carbons (Fsp3) is 0.222. The van der Waals surface area contributed by atoms with E-state index in [1.165, 1.54) is 7.11 Å². The van der Waals surface area contributed by atoms with Crippen LogP contribution in [0.15, 0.2) is 48.5 Å². The number of carbonyl (C=O) groups excluding carboxylic acids is 2. The van der Waals surface area contributed by atoms with Gasteiger partial charge in [-0.15, -0.1) is 0 Å². The molecule has 2 rings (SSSR count). The summed E-state index contributed by atoms with van der Waals surface area (Å²) in [5.74, 6) is -1.34. The molecule has 2 aromatic rings. The van der Waals surface area contributed by atoms with E-state index in [4.69, 9.17) is 27.9 Å². The number of methoxy groups -OCH3 is 1. The van der Waals surface area contributed by atoms with Crippen molar-refractivity contribution in [2.45, 2.75) is 18.6 Å². The van der Waals surface area contributed by atoms with Gasteiger partial charge in [0.05, 0.1) is 7.11 Å². The van der Waals surface area contributed by atoms with Gasteiger partial charge in [0.25, 0.3) is 5.91 Å². The van der Waals surface area contributed by atoms with Gasteiger partial charge in [-0.05, 0) is 23.3 Å². The molecule has 0 aliphatic heterocycles. The van der Waals surface area contributed by atoms with E-state index in [-0.39, 0.29) is 6.42 Å². The molecule has 0 saturated carbocycles. The highest BCUT2D eigenvalue weighted by molar-refractivity contribution is 6.35. The molecule has 0 fully saturated rings. The molecule has 0 spiro atoms. The Bertz CT molecular complexity index is 752. The van der Waals surface area contributed by atoms with Crippen LogP contribution in [0.2, 0.25) is 10.0 Å². The number of halogens is 2. The summed E-state index contributed by atoms with van der Waals surface area (Å²) in [5.41, 5.74) is 1.05. The van der Waals surface area contributed by atoms with Crippen molar-refractivity contribution >= 4 is 35.1 Å². The lowest BCUT2D eigenvalue weighted by molar-refractivity contribution is -0.146. The Morgan fingerprint density at radius 1 is 1.16 bits per heavy atom. The number of benzene rings is 2. The molecule has 0 aliphatic carbocycles. The van der Waals surface area contributed by atoms with E-state index in [0.29, 0.717) is 21.2 Å². The van der Waals surface area contributed by atoms with E-state index in [1.807, 2.05) is 0 Å².